The minimum absolute atomic E-state index is 0.228. The van der Waals surface area contributed by atoms with E-state index in [2.05, 4.69) is 17.9 Å². The van der Waals surface area contributed by atoms with Gasteiger partial charge in [-0.25, -0.2) is 0 Å². The first-order valence-electron chi connectivity index (χ1n) is 2.46. The van der Waals surface area contributed by atoms with Gasteiger partial charge in [0.2, 0.25) is 0 Å². The molecule has 0 aliphatic heterocycles. The van der Waals surface area contributed by atoms with Crippen molar-refractivity contribution in [3.05, 3.63) is 0 Å². The zero-order chi connectivity index (χ0) is 6.41. The van der Waals surface area contributed by atoms with Gasteiger partial charge in [0.25, 0.3) is 0 Å². The van der Waals surface area contributed by atoms with Crippen molar-refractivity contribution in [2.75, 3.05) is 0 Å². The third-order valence-electron chi connectivity index (χ3n) is 0.795. The van der Waals surface area contributed by atoms with Crippen LogP contribution in [0.5, 0.6) is 0 Å². The summed E-state index contributed by atoms with van der Waals surface area (Å²) < 4.78 is 0. The van der Waals surface area contributed by atoms with E-state index in [4.69, 9.17) is 12.2 Å². The predicted molar refractivity (Wildman–Crippen MR) is 34.6 cm³/mol. The Morgan fingerprint density at radius 3 is 2.75 bits per heavy atom. The van der Waals surface area contributed by atoms with Crippen molar-refractivity contribution in [3.8, 4) is 24.3 Å². The molecular weight excluding hydrogens is 98.1 g/mol. The van der Waals surface area contributed by atoms with Gasteiger partial charge >= 0.3 is 0 Å². The SMILES string of the molecule is C#CC(C)CC#CN. The zero-order valence-electron chi connectivity index (χ0n) is 4.94. The normalized spacial score (nSPS) is 10.5. The standard InChI is InChI=1S/C7H9N/c1-3-7(2)5-4-6-8/h1,7H,5,8H2,2H3. The monoisotopic (exact) mass is 107 g/mol. The van der Waals surface area contributed by atoms with Gasteiger partial charge in [0.1, 0.15) is 0 Å². The molecule has 8 heavy (non-hydrogen) atoms. The number of rotatable bonds is 1. The molecule has 0 radical (unpaired) electrons. The third-order valence-corrected chi connectivity index (χ3v) is 0.795. The van der Waals surface area contributed by atoms with E-state index in [0.29, 0.717) is 6.42 Å². The highest BCUT2D eigenvalue weighted by Gasteiger charge is 1.88. The summed E-state index contributed by atoms with van der Waals surface area (Å²) in [7, 11) is 0. The van der Waals surface area contributed by atoms with Crippen LogP contribution in [0.2, 0.25) is 0 Å². The summed E-state index contributed by atoms with van der Waals surface area (Å²) in [5, 5.41) is 0. The molecule has 1 unspecified atom stereocenters. The Bertz CT molecular complexity index is 142. The maximum absolute atomic E-state index is 5.05. The first-order chi connectivity index (χ1) is 3.81. The number of hydrogen-bond donors (Lipinski definition) is 1. The lowest BCUT2D eigenvalue weighted by Crippen LogP contribution is -1.87. The van der Waals surface area contributed by atoms with Crippen molar-refractivity contribution in [1.29, 1.82) is 0 Å². The van der Waals surface area contributed by atoms with Crippen LogP contribution in [-0.2, 0) is 0 Å². The van der Waals surface area contributed by atoms with Gasteiger partial charge in [-0.15, -0.1) is 12.3 Å². The average molecular weight is 107 g/mol. The van der Waals surface area contributed by atoms with Crippen LogP contribution in [0.3, 0.4) is 0 Å². The van der Waals surface area contributed by atoms with Crippen LogP contribution in [0.4, 0.5) is 0 Å². The van der Waals surface area contributed by atoms with Gasteiger partial charge in [-0.05, 0) is 0 Å². The van der Waals surface area contributed by atoms with Gasteiger partial charge in [0, 0.05) is 18.4 Å². The zero-order valence-corrected chi connectivity index (χ0v) is 4.94. The van der Waals surface area contributed by atoms with E-state index < -0.39 is 0 Å². The number of nitrogens with two attached hydrogens (primary N) is 1. The molecule has 2 N–H and O–H groups in total. The van der Waals surface area contributed by atoms with E-state index in [-0.39, 0.29) is 5.92 Å². The van der Waals surface area contributed by atoms with E-state index in [9.17, 15) is 0 Å². The molecule has 0 bridgehead atoms. The Labute approximate surface area is 50.3 Å². The van der Waals surface area contributed by atoms with Gasteiger partial charge in [0.05, 0.1) is 0 Å². The molecule has 0 amide bonds. The maximum Gasteiger partial charge on any atom is 0.0282 e. The summed E-state index contributed by atoms with van der Waals surface area (Å²) in [6.45, 7) is 1.93. The molecule has 0 aliphatic carbocycles. The minimum Gasteiger partial charge on any atom is -0.359 e. The number of hydrogen-bond acceptors (Lipinski definition) is 1. The van der Waals surface area contributed by atoms with Crippen LogP contribution in [0.15, 0.2) is 0 Å². The predicted octanol–water partition coefficient (Wildman–Crippen LogP) is 0.565. The Morgan fingerprint density at radius 2 is 2.38 bits per heavy atom. The summed E-state index contributed by atoms with van der Waals surface area (Å²) in [5.41, 5.74) is 4.90. The molecule has 0 aromatic rings. The fraction of sp³-hybridized carbons (Fsp3) is 0.429. The molecule has 0 aromatic carbocycles. The first-order valence-corrected chi connectivity index (χ1v) is 2.46. The molecule has 1 heteroatoms. The minimum atomic E-state index is 0.228. The van der Waals surface area contributed by atoms with Crippen molar-refractivity contribution in [3.63, 3.8) is 0 Å². The van der Waals surface area contributed by atoms with E-state index in [1.165, 1.54) is 0 Å². The van der Waals surface area contributed by atoms with Gasteiger partial charge < -0.3 is 5.73 Å². The van der Waals surface area contributed by atoms with Crippen LogP contribution in [-0.4, -0.2) is 0 Å². The van der Waals surface area contributed by atoms with Crippen molar-refractivity contribution in [2.24, 2.45) is 11.7 Å². The molecule has 0 rings (SSSR count). The van der Waals surface area contributed by atoms with Crippen molar-refractivity contribution < 1.29 is 0 Å². The van der Waals surface area contributed by atoms with Crippen molar-refractivity contribution >= 4 is 0 Å². The highest BCUT2D eigenvalue weighted by atomic mass is 14.4. The highest BCUT2D eigenvalue weighted by molar-refractivity contribution is 5.01. The topological polar surface area (TPSA) is 26.0 Å². The van der Waals surface area contributed by atoms with E-state index in [1.54, 1.807) is 0 Å². The largest absolute Gasteiger partial charge is 0.359 e. The summed E-state index contributed by atoms with van der Waals surface area (Å²) >= 11 is 0. The molecule has 1 atom stereocenters. The Hall–Kier alpha value is -1.08. The van der Waals surface area contributed by atoms with E-state index in [0.717, 1.165) is 0 Å². The van der Waals surface area contributed by atoms with Gasteiger partial charge in [-0.1, -0.05) is 12.8 Å². The lowest BCUT2D eigenvalue weighted by Gasteiger charge is -1.90. The fourth-order valence-electron chi connectivity index (χ4n) is 0.271. The van der Waals surface area contributed by atoms with Crippen molar-refractivity contribution in [2.45, 2.75) is 13.3 Å². The second-order valence-corrected chi connectivity index (χ2v) is 1.59. The third kappa shape index (κ3) is 3.12. The molecule has 0 aromatic heterocycles. The molecule has 0 saturated heterocycles. The van der Waals surface area contributed by atoms with Gasteiger partial charge in [-0.3, -0.25) is 0 Å². The van der Waals surface area contributed by atoms with Crippen LogP contribution in [0.25, 0.3) is 0 Å². The summed E-state index contributed by atoms with van der Waals surface area (Å²) in [5.74, 6) is 5.45. The maximum atomic E-state index is 5.05. The molecule has 0 saturated carbocycles. The summed E-state index contributed by atoms with van der Waals surface area (Å²) in [4.78, 5) is 0. The molecule has 0 spiro atoms. The average Bonchev–Trinajstić information content (AvgIpc) is 1.83. The van der Waals surface area contributed by atoms with Gasteiger partial charge in [-0.2, -0.15) is 0 Å². The molecule has 0 heterocycles. The second kappa shape index (κ2) is 4.09. The van der Waals surface area contributed by atoms with Crippen LogP contribution in [0, 0.1) is 30.2 Å². The Kier molecular flexibility index (Phi) is 3.54. The Balaban J connectivity index is 3.38. The first kappa shape index (κ1) is 6.92. The summed E-state index contributed by atoms with van der Waals surface area (Å²) in [6.07, 6.45) is 5.76. The van der Waals surface area contributed by atoms with E-state index in [1.807, 2.05) is 6.92 Å². The lowest BCUT2D eigenvalue weighted by molar-refractivity contribution is 0.790. The van der Waals surface area contributed by atoms with Crippen LogP contribution < -0.4 is 5.73 Å². The highest BCUT2D eigenvalue weighted by Crippen LogP contribution is 1.94. The van der Waals surface area contributed by atoms with Crippen LogP contribution in [0.1, 0.15) is 13.3 Å². The quantitative estimate of drug-likeness (QED) is 0.384. The molecular formula is C7H9N. The molecule has 0 fully saturated rings. The fourth-order valence-corrected chi connectivity index (χ4v) is 0.271. The van der Waals surface area contributed by atoms with E-state index >= 15 is 0 Å². The molecule has 0 aliphatic rings. The van der Waals surface area contributed by atoms with Crippen molar-refractivity contribution in [1.82, 2.24) is 0 Å². The molecule has 42 valence electrons. The Morgan fingerprint density at radius 1 is 1.75 bits per heavy atom. The number of terminal acetylenes is 1. The second-order valence-electron chi connectivity index (χ2n) is 1.59. The smallest absolute Gasteiger partial charge is 0.0282 e. The molecule has 1 nitrogen and oxygen atoms in total. The van der Waals surface area contributed by atoms with Gasteiger partial charge in [0.15, 0.2) is 0 Å². The van der Waals surface area contributed by atoms with Crippen LogP contribution >= 0.6 is 0 Å². The lowest BCUT2D eigenvalue weighted by atomic mass is 10.1. The summed E-state index contributed by atoms with van der Waals surface area (Å²) in [6, 6.07) is 2.29.